The van der Waals surface area contributed by atoms with Gasteiger partial charge in [-0.3, -0.25) is 4.57 Å². The number of aromatic nitrogens is 3. The first-order valence-electron chi connectivity index (χ1n) is 8.80. The minimum Gasteiger partial charge on any atom is -0.494 e. The molecular weight excluding hydrogens is 349 g/mol. The molecule has 7 heteroatoms. The Morgan fingerprint density at radius 3 is 2.56 bits per heavy atom. The lowest BCUT2D eigenvalue weighted by Crippen LogP contribution is -2.15. The van der Waals surface area contributed by atoms with E-state index in [1.54, 1.807) is 26.5 Å². The lowest BCUT2D eigenvalue weighted by atomic mass is 10.00. The van der Waals surface area contributed by atoms with E-state index >= 15 is 0 Å². The molecule has 0 fully saturated rings. The Labute approximate surface area is 157 Å². The van der Waals surface area contributed by atoms with Crippen molar-refractivity contribution in [2.45, 2.75) is 26.3 Å². The molecule has 0 aliphatic carbocycles. The number of rotatable bonds is 7. The standard InChI is InChI=1S/C20H24FN3O3/c1-6-13(11-25-3)24-19-18(23-20(24)27-5)14(7-8-22-19)15-10-16(21)17(26-4)9-12(15)2/h7-10,13H,6,11H2,1-5H3. The van der Waals surface area contributed by atoms with Crippen LogP contribution in [-0.2, 0) is 4.74 Å². The molecule has 0 aliphatic rings. The molecule has 3 rings (SSSR count). The average Bonchev–Trinajstić information content (AvgIpc) is 3.06. The summed E-state index contributed by atoms with van der Waals surface area (Å²) in [6.07, 6.45) is 2.54. The first-order chi connectivity index (χ1) is 13.0. The van der Waals surface area contributed by atoms with Gasteiger partial charge in [-0.2, -0.15) is 4.98 Å². The van der Waals surface area contributed by atoms with Crippen LogP contribution in [0, 0.1) is 12.7 Å². The zero-order valence-corrected chi connectivity index (χ0v) is 16.2. The quantitative estimate of drug-likeness (QED) is 0.622. The Morgan fingerprint density at radius 1 is 1.15 bits per heavy atom. The number of hydrogen-bond donors (Lipinski definition) is 0. The van der Waals surface area contributed by atoms with Gasteiger partial charge in [-0.25, -0.2) is 9.37 Å². The minimum atomic E-state index is -0.416. The fraction of sp³-hybridized carbons (Fsp3) is 0.400. The highest BCUT2D eigenvalue weighted by molar-refractivity contribution is 5.91. The van der Waals surface area contributed by atoms with E-state index < -0.39 is 5.82 Å². The molecule has 0 spiro atoms. The van der Waals surface area contributed by atoms with Crippen LogP contribution in [0.25, 0.3) is 22.3 Å². The molecule has 0 aliphatic heterocycles. The van der Waals surface area contributed by atoms with E-state index in [0.717, 1.165) is 23.1 Å². The number of imidazole rings is 1. The van der Waals surface area contributed by atoms with Crippen molar-refractivity contribution < 1.29 is 18.6 Å². The van der Waals surface area contributed by atoms with Crippen LogP contribution in [0.1, 0.15) is 24.9 Å². The van der Waals surface area contributed by atoms with E-state index in [2.05, 4.69) is 16.9 Å². The van der Waals surface area contributed by atoms with Gasteiger partial charge in [-0.1, -0.05) is 6.92 Å². The first-order valence-corrected chi connectivity index (χ1v) is 8.80. The van der Waals surface area contributed by atoms with Gasteiger partial charge in [-0.15, -0.1) is 0 Å². The Bertz CT molecular complexity index is 955. The topological polar surface area (TPSA) is 58.4 Å². The molecule has 2 heterocycles. The highest BCUT2D eigenvalue weighted by Gasteiger charge is 2.23. The van der Waals surface area contributed by atoms with E-state index in [4.69, 9.17) is 14.2 Å². The maximum Gasteiger partial charge on any atom is 0.298 e. The van der Waals surface area contributed by atoms with Crippen molar-refractivity contribution >= 4 is 11.2 Å². The van der Waals surface area contributed by atoms with Gasteiger partial charge in [0.05, 0.1) is 26.9 Å². The maximum atomic E-state index is 14.3. The Hall–Kier alpha value is -2.67. The minimum absolute atomic E-state index is 0.0337. The summed E-state index contributed by atoms with van der Waals surface area (Å²) in [4.78, 5) is 9.16. The zero-order valence-electron chi connectivity index (χ0n) is 16.2. The molecule has 144 valence electrons. The molecule has 3 aromatic rings. The zero-order chi connectivity index (χ0) is 19.6. The third kappa shape index (κ3) is 3.35. The second kappa shape index (κ2) is 7.92. The van der Waals surface area contributed by atoms with Crippen LogP contribution in [0.3, 0.4) is 0 Å². The van der Waals surface area contributed by atoms with Crippen molar-refractivity contribution in [3.63, 3.8) is 0 Å². The van der Waals surface area contributed by atoms with Gasteiger partial charge in [0, 0.05) is 18.9 Å². The molecule has 0 saturated heterocycles. The summed E-state index contributed by atoms with van der Waals surface area (Å²) in [6, 6.07) is 5.49. The molecule has 1 atom stereocenters. The fourth-order valence-corrected chi connectivity index (χ4v) is 3.33. The predicted octanol–water partition coefficient (Wildman–Crippen LogP) is 4.16. The van der Waals surface area contributed by atoms with E-state index in [0.29, 0.717) is 23.8 Å². The number of methoxy groups -OCH3 is 3. The van der Waals surface area contributed by atoms with Crippen LogP contribution in [0.5, 0.6) is 11.8 Å². The summed E-state index contributed by atoms with van der Waals surface area (Å²) >= 11 is 0. The number of halogens is 1. The van der Waals surface area contributed by atoms with Gasteiger partial charge in [0.1, 0.15) is 5.52 Å². The summed E-state index contributed by atoms with van der Waals surface area (Å²) in [5.74, 6) is -0.198. The Morgan fingerprint density at radius 2 is 1.93 bits per heavy atom. The van der Waals surface area contributed by atoms with Gasteiger partial charge >= 0.3 is 0 Å². The molecule has 0 bridgehead atoms. The molecule has 0 amide bonds. The number of nitrogens with zero attached hydrogens (tertiary/aromatic N) is 3. The van der Waals surface area contributed by atoms with Gasteiger partial charge in [0.25, 0.3) is 6.01 Å². The number of ether oxygens (including phenoxy) is 3. The highest BCUT2D eigenvalue weighted by atomic mass is 19.1. The van der Waals surface area contributed by atoms with E-state index in [9.17, 15) is 4.39 Å². The fourth-order valence-electron chi connectivity index (χ4n) is 3.33. The number of benzene rings is 1. The highest BCUT2D eigenvalue weighted by Crippen LogP contribution is 2.36. The molecule has 0 saturated carbocycles. The van der Waals surface area contributed by atoms with Crippen LogP contribution in [0.2, 0.25) is 0 Å². The SMILES string of the molecule is CCC(COC)n1c(OC)nc2c(-c3cc(F)c(OC)cc3C)ccnc21. The van der Waals surface area contributed by atoms with Crippen LogP contribution in [0.4, 0.5) is 4.39 Å². The van der Waals surface area contributed by atoms with Gasteiger partial charge in [0.15, 0.2) is 17.2 Å². The Balaban J connectivity index is 2.25. The molecule has 1 aromatic carbocycles. The van der Waals surface area contributed by atoms with Gasteiger partial charge < -0.3 is 14.2 Å². The summed E-state index contributed by atoms with van der Waals surface area (Å²) in [7, 11) is 4.70. The van der Waals surface area contributed by atoms with Gasteiger partial charge in [-0.05, 0) is 42.7 Å². The van der Waals surface area contributed by atoms with Crippen molar-refractivity contribution in [2.75, 3.05) is 27.9 Å². The monoisotopic (exact) mass is 373 g/mol. The summed E-state index contributed by atoms with van der Waals surface area (Å²) in [5.41, 5.74) is 3.77. The lowest BCUT2D eigenvalue weighted by Gasteiger charge is -2.18. The van der Waals surface area contributed by atoms with Crippen LogP contribution < -0.4 is 9.47 Å². The molecular formula is C20H24FN3O3. The van der Waals surface area contributed by atoms with E-state index in [1.165, 1.54) is 13.2 Å². The van der Waals surface area contributed by atoms with E-state index in [-0.39, 0.29) is 11.8 Å². The Kier molecular flexibility index (Phi) is 5.60. The number of aryl methyl sites for hydroxylation is 1. The maximum absolute atomic E-state index is 14.3. The number of pyridine rings is 1. The molecule has 0 radical (unpaired) electrons. The normalized spacial score (nSPS) is 12.4. The van der Waals surface area contributed by atoms with Gasteiger partial charge in [0.2, 0.25) is 0 Å². The van der Waals surface area contributed by atoms with Crippen molar-refractivity contribution in [1.82, 2.24) is 14.5 Å². The van der Waals surface area contributed by atoms with Crippen molar-refractivity contribution in [3.8, 4) is 22.9 Å². The molecule has 27 heavy (non-hydrogen) atoms. The average molecular weight is 373 g/mol. The van der Waals surface area contributed by atoms with Crippen molar-refractivity contribution in [2.24, 2.45) is 0 Å². The molecule has 6 nitrogen and oxygen atoms in total. The summed E-state index contributed by atoms with van der Waals surface area (Å²) < 4.78 is 32.2. The second-order valence-corrected chi connectivity index (χ2v) is 6.32. The van der Waals surface area contributed by atoms with E-state index in [1.807, 2.05) is 17.6 Å². The third-order valence-corrected chi connectivity index (χ3v) is 4.71. The molecule has 0 N–H and O–H groups in total. The van der Waals surface area contributed by atoms with Crippen LogP contribution >= 0.6 is 0 Å². The van der Waals surface area contributed by atoms with Crippen molar-refractivity contribution in [1.29, 1.82) is 0 Å². The first kappa shape index (κ1) is 19.1. The molecule has 1 unspecified atom stereocenters. The summed E-state index contributed by atoms with van der Waals surface area (Å²) in [5, 5.41) is 0. The lowest BCUT2D eigenvalue weighted by molar-refractivity contribution is 0.149. The number of fused-ring (bicyclic) bond motifs is 1. The third-order valence-electron chi connectivity index (χ3n) is 4.71. The molecule has 2 aromatic heterocycles. The largest absolute Gasteiger partial charge is 0.494 e. The number of hydrogen-bond acceptors (Lipinski definition) is 5. The second-order valence-electron chi connectivity index (χ2n) is 6.32. The summed E-state index contributed by atoms with van der Waals surface area (Å²) in [6.45, 7) is 4.50. The smallest absolute Gasteiger partial charge is 0.298 e. The van der Waals surface area contributed by atoms with Crippen LogP contribution in [-0.4, -0.2) is 42.5 Å². The van der Waals surface area contributed by atoms with Crippen LogP contribution in [0.15, 0.2) is 24.4 Å². The van der Waals surface area contributed by atoms with Crippen molar-refractivity contribution in [3.05, 3.63) is 35.8 Å². The predicted molar refractivity (Wildman–Crippen MR) is 102 cm³/mol.